The van der Waals surface area contributed by atoms with Gasteiger partial charge in [-0.05, 0) is 24.1 Å². The fraction of sp³-hybridized carbons (Fsp3) is 0.357. The van der Waals surface area contributed by atoms with Gasteiger partial charge in [-0.2, -0.15) is 5.10 Å². The molecule has 0 bridgehead atoms. The van der Waals surface area contributed by atoms with Gasteiger partial charge in [-0.1, -0.05) is 12.1 Å². The summed E-state index contributed by atoms with van der Waals surface area (Å²) in [6, 6.07) is 6.22. The second-order valence-electron chi connectivity index (χ2n) is 5.00. The van der Waals surface area contributed by atoms with Gasteiger partial charge in [-0.15, -0.1) is 0 Å². The van der Waals surface area contributed by atoms with Crippen LogP contribution in [-0.4, -0.2) is 25.8 Å². The summed E-state index contributed by atoms with van der Waals surface area (Å²) >= 11 is 0. The molecule has 104 valence electrons. The molecule has 1 aliphatic rings. The Balaban J connectivity index is 1.77. The molecule has 0 saturated heterocycles. The molecule has 0 aliphatic carbocycles. The van der Waals surface area contributed by atoms with Crippen molar-refractivity contribution in [3.8, 4) is 0 Å². The molecule has 5 nitrogen and oxygen atoms in total. The SMILES string of the molecule is O=C(O)C1CCc2nc(Cc3ccc(F)cc3)nn2C1. The minimum atomic E-state index is -0.786. The van der Waals surface area contributed by atoms with Gasteiger partial charge in [0, 0.05) is 12.8 Å². The smallest absolute Gasteiger partial charge is 0.308 e. The van der Waals surface area contributed by atoms with Crippen LogP contribution in [0.5, 0.6) is 0 Å². The number of aromatic nitrogens is 3. The van der Waals surface area contributed by atoms with Crippen LogP contribution in [0.4, 0.5) is 4.39 Å². The van der Waals surface area contributed by atoms with Crippen molar-refractivity contribution in [2.45, 2.75) is 25.8 Å². The summed E-state index contributed by atoms with van der Waals surface area (Å²) in [5, 5.41) is 13.4. The van der Waals surface area contributed by atoms with E-state index < -0.39 is 5.97 Å². The normalized spacial score (nSPS) is 17.8. The molecule has 2 aromatic rings. The first-order chi connectivity index (χ1) is 9.61. The molecule has 1 N–H and O–H groups in total. The summed E-state index contributed by atoms with van der Waals surface area (Å²) in [5.41, 5.74) is 0.934. The lowest BCUT2D eigenvalue weighted by atomic mass is 10.0. The summed E-state index contributed by atoms with van der Waals surface area (Å²) in [6.07, 6.45) is 1.76. The van der Waals surface area contributed by atoms with Crippen LogP contribution in [0.1, 0.15) is 23.6 Å². The minimum Gasteiger partial charge on any atom is -0.481 e. The standard InChI is InChI=1S/C14H14FN3O2/c15-11-4-1-9(2-5-11)7-12-16-13-6-3-10(14(19)20)8-18(13)17-12/h1-2,4-5,10H,3,6-8H2,(H,19,20). The van der Waals surface area contributed by atoms with Gasteiger partial charge in [0.15, 0.2) is 5.82 Å². The summed E-state index contributed by atoms with van der Waals surface area (Å²) in [7, 11) is 0. The number of aliphatic carboxylic acids is 1. The molecule has 20 heavy (non-hydrogen) atoms. The first-order valence-electron chi connectivity index (χ1n) is 6.51. The van der Waals surface area contributed by atoms with Crippen LogP contribution in [0, 0.1) is 11.7 Å². The molecule has 1 unspecified atom stereocenters. The number of hydrogen-bond acceptors (Lipinski definition) is 3. The van der Waals surface area contributed by atoms with Crippen molar-refractivity contribution < 1.29 is 14.3 Å². The predicted molar refractivity (Wildman–Crippen MR) is 68.7 cm³/mol. The molecule has 0 saturated carbocycles. The Bertz CT molecular complexity index is 636. The molecule has 2 heterocycles. The van der Waals surface area contributed by atoms with Crippen molar-refractivity contribution in [1.82, 2.24) is 14.8 Å². The third-order valence-electron chi connectivity index (χ3n) is 3.53. The van der Waals surface area contributed by atoms with Gasteiger partial charge in [0.05, 0.1) is 12.5 Å². The average molecular weight is 275 g/mol. The highest BCUT2D eigenvalue weighted by Crippen LogP contribution is 2.19. The van der Waals surface area contributed by atoms with Crippen LogP contribution < -0.4 is 0 Å². The zero-order valence-electron chi connectivity index (χ0n) is 10.8. The lowest BCUT2D eigenvalue weighted by Crippen LogP contribution is -2.27. The van der Waals surface area contributed by atoms with E-state index in [2.05, 4.69) is 10.1 Å². The number of rotatable bonds is 3. The van der Waals surface area contributed by atoms with Gasteiger partial charge < -0.3 is 5.11 Å². The van der Waals surface area contributed by atoms with E-state index in [1.165, 1.54) is 12.1 Å². The van der Waals surface area contributed by atoms with E-state index >= 15 is 0 Å². The zero-order valence-corrected chi connectivity index (χ0v) is 10.8. The van der Waals surface area contributed by atoms with E-state index in [1.807, 2.05) is 0 Å². The van der Waals surface area contributed by atoms with Crippen LogP contribution >= 0.6 is 0 Å². The van der Waals surface area contributed by atoms with E-state index in [9.17, 15) is 9.18 Å². The highest BCUT2D eigenvalue weighted by atomic mass is 19.1. The van der Waals surface area contributed by atoms with Gasteiger partial charge in [-0.3, -0.25) is 4.79 Å². The lowest BCUT2D eigenvalue weighted by molar-refractivity contribution is -0.142. The molecular formula is C14H14FN3O2. The highest BCUT2D eigenvalue weighted by molar-refractivity contribution is 5.70. The van der Waals surface area contributed by atoms with Crippen molar-refractivity contribution in [2.24, 2.45) is 5.92 Å². The maximum Gasteiger partial charge on any atom is 0.308 e. The van der Waals surface area contributed by atoms with Gasteiger partial charge in [-0.25, -0.2) is 14.1 Å². The summed E-state index contributed by atoms with van der Waals surface area (Å²) < 4.78 is 14.5. The van der Waals surface area contributed by atoms with Crippen LogP contribution in [-0.2, 0) is 24.2 Å². The quantitative estimate of drug-likeness (QED) is 0.925. The molecule has 0 amide bonds. The number of fused-ring (bicyclic) bond motifs is 1. The van der Waals surface area contributed by atoms with Gasteiger partial charge in [0.1, 0.15) is 11.6 Å². The largest absolute Gasteiger partial charge is 0.481 e. The van der Waals surface area contributed by atoms with E-state index in [0.717, 1.165) is 11.4 Å². The Morgan fingerprint density at radius 1 is 1.40 bits per heavy atom. The molecule has 1 atom stereocenters. The molecule has 1 aromatic carbocycles. The van der Waals surface area contributed by atoms with E-state index in [0.29, 0.717) is 31.6 Å². The molecule has 6 heteroatoms. The Morgan fingerprint density at radius 2 is 2.15 bits per heavy atom. The number of carboxylic acid groups (broad SMARTS) is 1. The second kappa shape index (κ2) is 5.03. The molecule has 3 rings (SSSR count). The number of nitrogens with zero attached hydrogens (tertiary/aromatic N) is 3. The monoisotopic (exact) mass is 275 g/mol. The third-order valence-corrected chi connectivity index (χ3v) is 3.53. The maximum atomic E-state index is 12.8. The Morgan fingerprint density at radius 3 is 2.85 bits per heavy atom. The fourth-order valence-electron chi connectivity index (χ4n) is 2.42. The first kappa shape index (κ1) is 12.8. The number of halogens is 1. The summed E-state index contributed by atoms with van der Waals surface area (Å²) in [4.78, 5) is 15.4. The fourth-order valence-corrected chi connectivity index (χ4v) is 2.42. The second-order valence-corrected chi connectivity index (χ2v) is 5.00. The Hall–Kier alpha value is -2.24. The Labute approximate surface area is 115 Å². The molecule has 0 spiro atoms. The predicted octanol–water partition coefficient (Wildman–Crippen LogP) is 1.66. The highest BCUT2D eigenvalue weighted by Gasteiger charge is 2.26. The van der Waals surface area contributed by atoms with Crippen molar-refractivity contribution in [3.05, 3.63) is 47.3 Å². The number of carboxylic acids is 1. The molecular weight excluding hydrogens is 261 g/mol. The van der Waals surface area contributed by atoms with Crippen molar-refractivity contribution in [1.29, 1.82) is 0 Å². The van der Waals surface area contributed by atoms with Crippen molar-refractivity contribution in [2.75, 3.05) is 0 Å². The zero-order chi connectivity index (χ0) is 14.1. The average Bonchev–Trinajstić information content (AvgIpc) is 2.82. The van der Waals surface area contributed by atoms with E-state index in [4.69, 9.17) is 5.11 Å². The van der Waals surface area contributed by atoms with Crippen LogP contribution in [0.25, 0.3) is 0 Å². The lowest BCUT2D eigenvalue weighted by Gasteiger charge is -2.18. The van der Waals surface area contributed by atoms with Crippen LogP contribution in [0.3, 0.4) is 0 Å². The summed E-state index contributed by atoms with van der Waals surface area (Å²) in [5.74, 6) is 0.0431. The number of hydrogen-bond donors (Lipinski definition) is 1. The Kier molecular flexibility index (Phi) is 3.22. The maximum absolute atomic E-state index is 12.8. The van der Waals surface area contributed by atoms with Crippen LogP contribution in [0.2, 0.25) is 0 Å². The van der Waals surface area contributed by atoms with E-state index in [1.54, 1.807) is 16.8 Å². The molecule has 1 aliphatic heterocycles. The topological polar surface area (TPSA) is 68.0 Å². The van der Waals surface area contributed by atoms with Gasteiger partial charge in [0.25, 0.3) is 0 Å². The third kappa shape index (κ3) is 2.54. The van der Waals surface area contributed by atoms with E-state index in [-0.39, 0.29) is 11.7 Å². The number of benzene rings is 1. The van der Waals surface area contributed by atoms with Crippen molar-refractivity contribution in [3.63, 3.8) is 0 Å². The summed E-state index contributed by atoms with van der Waals surface area (Å²) in [6.45, 7) is 0.376. The van der Waals surface area contributed by atoms with Crippen LogP contribution in [0.15, 0.2) is 24.3 Å². The first-order valence-corrected chi connectivity index (χ1v) is 6.51. The number of aryl methyl sites for hydroxylation is 1. The molecule has 1 aromatic heterocycles. The van der Waals surface area contributed by atoms with Gasteiger partial charge in [0.2, 0.25) is 0 Å². The molecule has 0 fully saturated rings. The van der Waals surface area contributed by atoms with Gasteiger partial charge >= 0.3 is 5.97 Å². The van der Waals surface area contributed by atoms with Crippen molar-refractivity contribution >= 4 is 5.97 Å². The minimum absolute atomic E-state index is 0.268. The molecule has 0 radical (unpaired) electrons. The number of carbonyl (C=O) groups is 1.